The Hall–Kier alpha value is -2.99. The van der Waals surface area contributed by atoms with Crippen LogP contribution in [0.2, 0.25) is 0 Å². The van der Waals surface area contributed by atoms with Crippen molar-refractivity contribution in [1.29, 1.82) is 0 Å². The van der Waals surface area contributed by atoms with E-state index >= 15 is 0 Å². The van der Waals surface area contributed by atoms with E-state index in [1.807, 2.05) is 52.6 Å². The number of carbonyl (C=O) groups excluding carboxylic acids is 1. The third-order valence-corrected chi connectivity index (χ3v) is 7.28. The molecular formula is C25H26N2O3S. The number of anilines is 1. The van der Waals surface area contributed by atoms with Crippen LogP contribution in [0.15, 0.2) is 48.5 Å². The number of hydrogen-bond acceptors (Lipinski definition) is 4. The second kappa shape index (κ2) is 8.27. The van der Waals surface area contributed by atoms with Crippen molar-refractivity contribution in [1.82, 2.24) is 4.90 Å². The Morgan fingerprint density at radius 1 is 1.13 bits per heavy atom. The molecule has 2 aromatic carbocycles. The number of ether oxygens (including phenoxy) is 2. The van der Waals surface area contributed by atoms with Gasteiger partial charge in [0.1, 0.15) is 13.2 Å². The first-order chi connectivity index (χ1) is 15.2. The van der Waals surface area contributed by atoms with Gasteiger partial charge in [0.2, 0.25) is 0 Å². The average Bonchev–Trinajstić information content (AvgIpc) is 3.13. The number of urea groups is 1. The zero-order valence-corrected chi connectivity index (χ0v) is 18.6. The zero-order chi connectivity index (χ0) is 21.4. The molecule has 0 bridgehead atoms. The fourth-order valence-electron chi connectivity index (χ4n) is 4.61. The van der Waals surface area contributed by atoms with Crippen LogP contribution in [-0.2, 0) is 12.8 Å². The maximum atomic E-state index is 13.4. The first kappa shape index (κ1) is 19.9. The van der Waals surface area contributed by atoms with Crippen LogP contribution in [0.1, 0.15) is 39.4 Å². The van der Waals surface area contributed by atoms with E-state index in [-0.39, 0.29) is 12.1 Å². The fourth-order valence-corrected chi connectivity index (χ4v) is 6.06. The zero-order valence-electron chi connectivity index (χ0n) is 17.8. The number of fused-ring (bicyclic) bond motifs is 2. The number of hydrogen-bond donors (Lipinski definition) is 1. The smallest absolute Gasteiger partial charge is 0.322 e. The van der Waals surface area contributed by atoms with Crippen LogP contribution < -0.4 is 14.8 Å². The molecular weight excluding hydrogens is 408 g/mol. The lowest BCUT2D eigenvalue weighted by Crippen LogP contribution is -2.42. The van der Waals surface area contributed by atoms with Gasteiger partial charge in [-0.1, -0.05) is 37.3 Å². The van der Waals surface area contributed by atoms with Crippen molar-refractivity contribution < 1.29 is 14.3 Å². The van der Waals surface area contributed by atoms with E-state index in [2.05, 4.69) is 31.3 Å². The van der Waals surface area contributed by atoms with Gasteiger partial charge in [0.05, 0.1) is 6.04 Å². The lowest BCUT2D eigenvalue weighted by Gasteiger charge is -2.36. The van der Waals surface area contributed by atoms with Crippen molar-refractivity contribution in [3.63, 3.8) is 0 Å². The third kappa shape index (κ3) is 3.65. The fraction of sp³-hybridized carbons (Fsp3) is 0.320. The van der Waals surface area contributed by atoms with Crippen molar-refractivity contribution in [3.05, 3.63) is 75.0 Å². The van der Waals surface area contributed by atoms with Gasteiger partial charge in [0.15, 0.2) is 11.5 Å². The summed E-state index contributed by atoms with van der Waals surface area (Å²) in [4.78, 5) is 18.1. The molecule has 6 heteroatoms. The molecule has 0 saturated heterocycles. The number of carbonyl (C=O) groups is 1. The van der Waals surface area contributed by atoms with Gasteiger partial charge < -0.3 is 19.7 Å². The van der Waals surface area contributed by atoms with Gasteiger partial charge >= 0.3 is 6.03 Å². The van der Waals surface area contributed by atoms with Crippen LogP contribution >= 0.6 is 11.3 Å². The minimum absolute atomic E-state index is 0.0776. The molecule has 0 fully saturated rings. The third-order valence-electron chi connectivity index (χ3n) is 6.04. The standard InChI is InChI=1S/C25H26N2O3S/c1-3-19-16(2)31-24-20(19)11-12-27(23(24)17-7-5-4-6-8-17)25(28)26-18-9-10-21-22(15-18)30-14-13-29-21/h4-10,15,23H,3,11-14H2,1-2H3,(H,26,28). The summed E-state index contributed by atoms with van der Waals surface area (Å²) in [7, 11) is 0. The summed E-state index contributed by atoms with van der Waals surface area (Å²) in [6.07, 6.45) is 1.92. The van der Waals surface area contributed by atoms with Crippen molar-refractivity contribution in [3.8, 4) is 11.5 Å². The molecule has 5 rings (SSSR count). The molecule has 2 aliphatic rings. The quantitative estimate of drug-likeness (QED) is 0.586. The summed E-state index contributed by atoms with van der Waals surface area (Å²) in [5.74, 6) is 1.39. The maximum absolute atomic E-state index is 13.4. The molecule has 2 aliphatic heterocycles. The minimum Gasteiger partial charge on any atom is -0.486 e. The van der Waals surface area contributed by atoms with Gasteiger partial charge in [-0.3, -0.25) is 0 Å². The van der Waals surface area contributed by atoms with Gasteiger partial charge in [-0.25, -0.2) is 4.79 Å². The normalized spacial score (nSPS) is 17.2. The predicted octanol–water partition coefficient (Wildman–Crippen LogP) is 5.57. The van der Waals surface area contributed by atoms with Crippen LogP contribution in [0, 0.1) is 6.92 Å². The Labute approximate surface area is 186 Å². The predicted molar refractivity (Wildman–Crippen MR) is 124 cm³/mol. The summed E-state index contributed by atoms with van der Waals surface area (Å²) < 4.78 is 11.3. The number of aryl methyl sites for hydroxylation is 1. The van der Waals surface area contributed by atoms with E-state index in [0.29, 0.717) is 31.2 Å². The van der Waals surface area contributed by atoms with Crippen LogP contribution in [0.25, 0.3) is 0 Å². The Bertz CT molecular complexity index is 1110. The van der Waals surface area contributed by atoms with Gasteiger partial charge in [0.25, 0.3) is 0 Å². The van der Waals surface area contributed by atoms with Gasteiger partial charge in [0, 0.05) is 28.1 Å². The molecule has 0 aliphatic carbocycles. The van der Waals surface area contributed by atoms with Crippen LogP contribution in [-0.4, -0.2) is 30.7 Å². The Kier molecular flexibility index (Phi) is 5.32. The van der Waals surface area contributed by atoms with Crippen molar-refractivity contribution in [2.45, 2.75) is 32.7 Å². The summed E-state index contributed by atoms with van der Waals surface area (Å²) in [6, 6.07) is 15.7. The van der Waals surface area contributed by atoms with Gasteiger partial charge in [-0.2, -0.15) is 0 Å². The minimum atomic E-state index is -0.0970. The monoisotopic (exact) mass is 434 g/mol. The first-order valence-corrected chi connectivity index (χ1v) is 11.6. The number of nitrogens with one attached hydrogen (secondary N) is 1. The number of amides is 2. The van der Waals surface area contributed by atoms with Gasteiger partial charge in [-0.15, -0.1) is 11.3 Å². The highest BCUT2D eigenvalue weighted by Crippen LogP contribution is 2.43. The summed E-state index contributed by atoms with van der Waals surface area (Å²) in [6.45, 7) is 6.17. The summed E-state index contributed by atoms with van der Waals surface area (Å²) >= 11 is 1.83. The second-order valence-electron chi connectivity index (χ2n) is 7.88. The van der Waals surface area contributed by atoms with Crippen LogP contribution in [0.5, 0.6) is 11.5 Å². The topological polar surface area (TPSA) is 50.8 Å². The largest absolute Gasteiger partial charge is 0.486 e. The second-order valence-corrected chi connectivity index (χ2v) is 9.13. The van der Waals surface area contributed by atoms with E-state index in [1.165, 1.54) is 20.9 Å². The number of thiophene rings is 1. The lowest BCUT2D eigenvalue weighted by atomic mass is 9.92. The molecule has 0 spiro atoms. The Balaban J connectivity index is 1.47. The van der Waals surface area contributed by atoms with Crippen molar-refractivity contribution >= 4 is 23.1 Å². The molecule has 1 N–H and O–H groups in total. The Morgan fingerprint density at radius 2 is 1.90 bits per heavy atom. The number of benzene rings is 2. The highest BCUT2D eigenvalue weighted by Gasteiger charge is 2.35. The average molecular weight is 435 g/mol. The van der Waals surface area contributed by atoms with E-state index in [4.69, 9.17) is 9.47 Å². The van der Waals surface area contributed by atoms with Gasteiger partial charge in [-0.05, 0) is 48.6 Å². The van der Waals surface area contributed by atoms with E-state index in [1.54, 1.807) is 0 Å². The number of rotatable bonds is 3. The van der Waals surface area contributed by atoms with E-state index in [0.717, 1.165) is 24.2 Å². The summed E-state index contributed by atoms with van der Waals surface area (Å²) in [5.41, 5.74) is 4.74. The lowest BCUT2D eigenvalue weighted by molar-refractivity contribution is 0.171. The molecule has 3 heterocycles. The van der Waals surface area contributed by atoms with Crippen molar-refractivity contribution in [2.75, 3.05) is 25.1 Å². The molecule has 0 radical (unpaired) electrons. The molecule has 1 unspecified atom stereocenters. The molecule has 1 aromatic heterocycles. The Morgan fingerprint density at radius 3 is 2.68 bits per heavy atom. The molecule has 31 heavy (non-hydrogen) atoms. The summed E-state index contributed by atoms with van der Waals surface area (Å²) in [5, 5.41) is 3.08. The van der Waals surface area contributed by atoms with E-state index in [9.17, 15) is 4.79 Å². The highest BCUT2D eigenvalue weighted by atomic mass is 32.1. The van der Waals surface area contributed by atoms with Crippen LogP contribution in [0.3, 0.4) is 0 Å². The number of nitrogens with zero attached hydrogens (tertiary/aromatic N) is 1. The van der Waals surface area contributed by atoms with Crippen molar-refractivity contribution in [2.24, 2.45) is 0 Å². The van der Waals surface area contributed by atoms with Crippen LogP contribution in [0.4, 0.5) is 10.5 Å². The molecule has 5 nitrogen and oxygen atoms in total. The molecule has 0 saturated carbocycles. The van der Waals surface area contributed by atoms with E-state index < -0.39 is 0 Å². The SMILES string of the molecule is CCc1c(C)sc2c1CCN(C(=O)Nc1ccc3c(c1)OCCO3)C2c1ccccc1. The molecule has 2 amide bonds. The highest BCUT2D eigenvalue weighted by molar-refractivity contribution is 7.12. The first-order valence-electron chi connectivity index (χ1n) is 10.8. The molecule has 3 aromatic rings. The maximum Gasteiger partial charge on any atom is 0.322 e. The molecule has 1 atom stereocenters. The molecule has 160 valence electrons.